The first-order chi connectivity index (χ1) is 16.7. The molecule has 8 N–H and O–H groups in total. The fraction of sp³-hybridized carbons (Fsp3) is 0.417. The smallest absolute Gasteiger partial charge is 0.326 e. The molecule has 0 fully saturated rings. The summed E-state index contributed by atoms with van der Waals surface area (Å²) in [6.07, 6.45) is 2.69. The first kappa shape index (κ1) is 25.8. The van der Waals surface area contributed by atoms with Crippen LogP contribution in [0.1, 0.15) is 30.6 Å². The number of aryl methyl sites for hydroxylation is 1. The zero-order valence-corrected chi connectivity index (χ0v) is 19.7. The number of amides is 2. The molecular weight excluding hydrogens is 452 g/mol. The van der Waals surface area contributed by atoms with Crippen molar-refractivity contribution in [2.24, 2.45) is 11.5 Å². The van der Waals surface area contributed by atoms with Gasteiger partial charge in [0.2, 0.25) is 11.8 Å². The number of para-hydroxylation sites is 1. The molecule has 2 heterocycles. The van der Waals surface area contributed by atoms with Crippen molar-refractivity contribution in [1.29, 1.82) is 5.41 Å². The average Bonchev–Trinajstić information content (AvgIpc) is 3.41. The summed E-state index contributed by atoms with van der Waals surface area (Å²) in [5.41, 5.74) is 13.9. The number of carboxylic acids is 1. The van der Waals surface area contributed by atoms with Gasteiger partial charge in [-0.25, -0.2) is 4.79 Å². The Hall–Kier alpha value is -3.86. The average molecular weight is 485 g/mol. The molecule has 11 nitrogen and oxygen atoms in total. The van der Waals surface area contributed by atoms with Gasteiger partial charge >= 0.3 is 5.97 Å². The van der Waals surface area contributed by atoms with Gasteiger partial charge in [-0.1, -0.05) is 29.8 Å². The second-order valence-electron chi connectivity index (χ2n) is 8.64. The molecule has 0 spiro atoms. The maximum Gasteiger partial charge on any atom is 0.326 e. The lowest BCUT2D eigenvalue weighted by Gasteiger charge is -2.17. The van der Waals surface area contributed by atoms with Gasteiger partial charge in [0, 0.05) is 37.9 Å². The van der Waals surface area contributed by atoms with Crippen LogP contribution in [-0.4, -0.2) is 65.5 Å². The Bertz CT molecular complexity index is 1140. The van der Waals surface area contributed by atoms with Crippen LogP contribution < -0.4 is 22.1 Å². The van der Waals surface area contributed by atoms with Crippen molar-refractivity contribution in [1.82, 2.24) is 15.5 Å². The lowest BCUT2D eigenvalue weighted by atomic mass is 10.1. The molecular formula is C24H32N6O5. The van der Waals surface area contributed by atoms with Crippen molar-refractivity contribution >= 4 is 34.7 Å². The molecule has 0 saturated carbocycles. The van der Waals surface area contributed by atoms with Crippen molar-refractivity contribution in [3.8, 4) is 0 Å². The molecule has 35 heavy (non-hydrogen) atoms. The first-order valence-corrected chi connectivity index (χ1v) is 11.4. The Morgan fingerprint density at radius 3 is 2.66 bits per heavy atom. The quantitative estimate of drug-likeness (QED) is 0.116. The van der Waals surface area contributed by atoms with E-state index in [0.29, 0.717) is 37.3 Å². The molecule has 1 aromatic heterocycles. The highest BCUT2D eigenvalue weighted by Gasteiger charge is 2.24. The number of aliphatic carboxylic acids is 1. The van der Waals surface area contributed by atoms with Crippen molar-refractivity contribution in [3.05, 3.63) is 47.2 Å². The molecule has 2 unspecified atom stereocenters. The van der Waals surface area contributed by atoms with Crippen LogP contribution in [0.25, 0.3) is 11.0 Å². The zero-order valence-electron chi connectivity index (χ0n) is 19.7. The van der Waals surface area contributed by atoms with Gasteiger partial charge in [0.15, 0.2) is 5.96 Å². The van der Waals surface area contributed by atoms with E-state index in [1.165, 1.54) is 0 Å². The molecule has 2 atom stereocenters. The van der Waals surface area contributed by atoms with Gasteiger partial charge in [0.25, 0.3) is 0 Å². The second kappa shape index (κ2) is 11.5. The van der Waals surface area contributed by atoms with Gasteiger partial charge in [-0.2, -0.15) is 0 Å². The SMILES string of the molecule is Cc1c(CC(NC(=O)CCCNC(=O)C(N)CC2=CCN(C(=N)N)C2)C(=O)O)oc2ccccc12. The van der Waals surface area contributed by atoms with Crippen molar-refractivity contribution in [3.63, 3.8) is 0 Å². The summed E-state index contributed by atoms with van der Waals surface area (Å²) in [5, 5.41) is 23.1. The number of guanidine groups is 1. The third-order valence-corrected chi connectivity index (χ3v) is 6.00. The van der Waals surface area contributed by atoms with E-state index in [1.54, 1.807) is 4.90 Å². The molecule has 0 radical (unpaired) electrons. The van der Waals surface area contributed by atoms with E-state index in [-0.39, 0.29) is 31.3 Å². The fourth-order valence-corrected chi connectivity index (χ4v) is 3.98. The summed E-state index contributed by atoms with van der Waals surface area (Å²) < 4.78 is 5.78. The van der Waals surface area contributed by atoms with Gasteiger partial charge in [0.05, 0.1) is 6.04 Å². The number of nitrogens with one attached hydrogen (secondary N) is 3. The van der Waals surface area contributed by atoms with Crippen LogP contribution in [0.3, 0.4) is 0 Å². The Labute approximate surface area is 203 Å². The summed E-state index contributed by atoms with van der Waals surface area (Å²) in [4.78, 5) is 37.9. The van der Waals surface area contributed by atoms with E-state index in [0.717, 1.165) is 16.5 Å². The number of hydrogen-bond acceptors (Lipinski definition) is 6. The highest BCUT2D eigenvalue weighted by Crippen LogP contribution is 2.25. The highest BCUT2D eigenvalue weighted by atomic mass is 16.4. The molecule has 11 heteroatoms. The Balaban J connectivity index is 1.40. The topological polar surface area (TPSA) is 188 Å². The van der Waals surface area contributed by atoms with E-state index in [1.807, 2.05) is 37.3 Å². The predicted molar refractivity (Wildman–Crippen MR) is 131 cm³/mol. The van der Waals surface area contributed by atoms with E-state index in [2.05, 4.69) is 10.6 Å². The van der Waals surface area contributed by atoms with Gasteiger partial charge in [0.1, 0.15) is 17.4 Å². The molecule has 1 aliphatic rings. The van der Waals surface area contributed by atoms with Crippen LogP contribution >= 0.6 is 0 Å². The third-order valence-electron chi connectivity index (χ3n) is 6.00. The fourth-order valence-electron chi connectivity index (χ4n) is 3.98. The zero-order chi connectivity index (χ0) is 25.5. The van der Waals surface area contributed by atoms with Gasteiger partial charge in [-0.3, -0.25) is 15.0 Å². The number of fused-ring (bicyclic) bond motifs is 1. The van der Waals surface area contributed by atoms with Crippen LogP contribution in [0.4, 0.5) is 0 Å². The molecule has 0 bridgehead atoms. The normalized spacial score (nSPS) is 14.9. The van der Waals surface area contributed by atoms with Crippen molar-refractivity contribution in [2.45, 2.75) is 44.7 Å². The summed E-state index contributed by atoms with van der Waals surface area (Å²) in [7, 11) is 0. The Morgan fingerprint density at radius 2 is 2.00 bits per heavy atom. The van der Waals surface area contributed by atoms with Crippen LogP contribution in [0, 0.1) is 12.3 Å². The minimum Gasteiger partial charge on any atom is -0.480 e. The predicted octanol–water partition coefficient (Wildman–Crippen LogP) is 0.602. The molecule has 1 aromatic carbocycles. The van der Waals surface area contributed by atoms with Gasteiger partial charge in [-0.05, 0) is 31.4 Å². The standard InChI is InChI=1S/C24H32N6O5/c1-14-16-5-2-3-6-19(16)35-20(14)12-18(23(33)34)29-21(31)7-4-9-28-22(32)17(25)11-15-8-10-30(13-15)24(26)27/h2-3,5-6,8,17-18H,4,7,9-13,25H2,1H3,(H3,26,27)(H,28,32)(H,29,31)(H,33,34). The minimum absolute atomic E-state index is 0.0228. The second-order valence-corrected chi connectivity index (χ2v) is 8.64. The van der Waals surface area contributed by atoms with E-state index >= 15 is 0 Å². The van der Waals surface area contributed by atoms with E-state index in [4.69, 9.17) is 21.3 Å². The maximum atomic E-state index is 12.3. The number of carboxylic acid groups (broad SMARTS) is 1. The summed E-state index contributed by atoms with van der Waals surface area (Å²) in [5.74, 6) is -1.42. The lowest BCUT2D eigenvalue weighted by molar-refractivity contribution is -0.141. The minimum atomic E-state index is -1.15. The van der Waals surface area contributed by atoms with Crippen molar-refractivity contribution in [2.75, 3.05) is 19.6 Å². The number of rotatable bonds is 11. The number of nitrogens with two attached hydrogens (primary N) is 2. The third kappa shape index (κ3) is 6.82. The number of furan rings is 1. The molecule has 3 rings (SSSR count). The molecule has 188 valence electrons. The summed E-state index contributed by atoms with van der Waals surface area (Å²) in [6.45, 7) is 3.10. The van der Waals surface area contributed by atoms with E-state index in [9.17, 15) is 19.5 Å². The van der Waals surface area contributed by atoms with Crippen LogP contribution in [0.5, 0.6) is 0 Å². The Morgan fingerprint density at radius 1 is 1.26 bits per heavy atom. The first-order valence-electron chi connectivity index (χ1n) is 11.4. The molecule has 2 amide bonds. The largest absolute Gasteiger partial charge is 0.480 e. The summed E-state index contributed by atoms with van der Waals surface area (Å²) in [6, 6.07) is 5.56. The summed E-state index contributed by atoms with van der Waals surface area (Å²) >= 11 is 0. The van der Waals surface area contributed by atoms with Crippen molar-refractivity contribution < 1.29 is 23.9 Å². The molecule has 0 aliphatic carbocycles. The number of carbonyl (C=O) groups is 3. The number of carbonyl (C=O) groups excluding carboxylic acids is 2. The lowest BCUT2D eigenvalue weighted by Crippen LogP contribution is -2.43. The van der Waals surface area contributed by atoms with Crippen LogP contribution in [-0.2, 0) is 20.8 Å². The number of hydrogen-bond donors (Lipinski definition) is 6. The molecule has 1 aliphatic heterocycles. The van der Waals surface area contributed by atoms with Crippen LogP contribution in [0.2, 0.25) is 0 Å². The van der Waals surface area contributed by atoms with Gasteiger partial charge < -0.3 is 36.5 Å². The molecule has 2 aromatic rings. The Kier molecular flexibility index (Phi) is 8.48. The van der Waals surface area contributed by atoms with Crippen LogP contribution in [0.15, 0.2) is 40.3 Å². The van der Waals surface area contributed by atoms with E-state index < -0.39 is 24.0 Å². The monoisotopic (exact) mass is 484 g/mol. The highest BCUT2D eigenvalue weighted by molar-refractivity contribution is 5.85. The number of nitrogens with zero attached hydrogens (tertiary/aromatic N) is 1. The maximum absolute atomic E-state index is 12.3. The van der Waals surface area contributed by atoms with Gasteiger partial charge in [-0.15, -0.1) is 0 Å². The molecule has 0 saturated heterocycles. The number of benzene rings is 1.